The van der Waals surface area contributed by atoms with Gasteiger partial charge in [0.05, 0.1) is 0 Å². The van der Waals surface area contributed by atoms with Gasteiger partial charge < -0.3 is 11.1 Å². The Balaban J connectivity index is 2.31. The molecule has 2 amide bonds. The maximum atomic E-state index is 11.2. The maximum absolute atomic E-state index is 11.2. The van der Waals surface area contributed by atoms with Crippen molar-refractivity contribution in [1.82, 2.24) is 5.32 Å². The Kier molecular flexibility index (Phi) is 4.34. The highest BCUT2D eigenvalue weighted by atomic mass is 16.2. The van der Waals surface area contributed by atoms with Crippen LogP contribution in [0.2, 0.25) is 0 Å². The molecule has 0 bridgehead atoms. The number of amides is 2. The molecule has 4 nitrogen and oxygen atoms in total. The monoisotopic (exact) mass is 210 g/mol. The molecule has 3 N–H and O–H groups in total. The van der Waals surface area contributed by atoms with Crippen molar-refractivity contribution in [1.29, 1.82) is 0 Å². The van der Waals surface area contributed by atoms with Crippen LogP contribution in [0.3, 0.4) is 0 Å². The van der Waals surface area contributed by atoms with E-state index in [-0.39, 0.29) is 23.8 Å². The van der Waals surface area contributed by atoms with Crippen molar-refractivity contribution in [3.63, 3.8) is 0 Å². The van der Waals surface area contributed by atoms with E-state index in [4.69, 9.17) is 5.73 Å². The van der Waals surface area contributed by atoms with E-state index in [0.717, 1.165) is 25.7 Å². The standard InChI is InChI=1S/C11H18N2O2/c1-2-3-10(14)13-9-6-4-8(5-7-9)11(12)15/h2-3,8-9H,4-7H2,1H3,(H2,12,15)(H,13,14)/b3-2+. The van der Waals surface area contributed by atoms with E-state index >= 15 is 0 Å². The highest BCUT2D eigenvalue weighted by Gasteiger charge is 2.24. The quantitative estimate of drug-likeness (QED) is 0.674. The molecule has 1 fully saturated rings. The van der Waals surface area contributed by atoms with E-state index in [1.807, 2.05) is 6.92 Å². The second kappa shape index (κ2) is 5.53. The van der Waals surface area contributed by atoms with Crippen molar-refractivity contribution in [3.8, 4) is 0 Å². The van der Waals surface area contributed by atoms with Gasteiger partial charge in [0.1, 0.15) is 0 Å². The Labute approximate surface area is 89.9 Å². The first-order valence-electron chi connectivity index (χ1n) is 5.36. The minimum Gasteiger partial charge on any atom is -0.369 e. The van der Waals surface area contributed by atoms with Crippen LogP contribution in [0.15, 0.2) is 12.2 Å². The molecule has 0 unspecified atom stereocenters. The zero-order chi connectivity index (χ0) is 11.3. The molecule has 0 aromatic rings. The first-order chi connectivity index (χ1) is 7.13. The summed E-state index contributed by atoms with van der Waals surface area (Å²) < 4.78 is 0. The fraction of sp³-hybridized carbons (Fsp3) is 0.636. The summed E-state index contributed by atoms with van der Waals surface area (Å²) in [6.45, 7) is 1.81. The fourth-order valence-corrected chi connectivity index (χ4v) is 1.92. The van der Waals surface area contributed by atoms with Crippen LogP contribution < -0.4 is 11.1 Å². The molecule has 0 atom stereocenters. The third-order valence-corrected chi connectivity index (χ3v) is 2.79. The molecule has 0 spiro atoms. The molecule has 0 aliphatic heterocycles. The summed E-state index contributed by atoms with van der Waals surface area (Å²) in [6.07, 6.45) is 6.49. The van der Waals surface area contributed by atoms with Crippen LogP contribution >= 0.6 is 0 Å². The van der Waals surface area contributed by atoms with Crippen molar-refractivity contribution in [2.75, 3.05) is 0 Å². The predicted octanol–water partition coefficient (Wildman–Crippen LogP) is 0.723. The van der Waals surface area contributed by atoms with E-state index < -0.39 is 0 Å². The Morgan fingerprint density at radius 1 is 1.27 bits per heavy atom. The van der Waals surface area contributed by atoms with Crippen LogP contribution in [-0.4, -0.2) is 17.9 Å². The molecule has 15 heavy (non-hydrogen) atoms. The highest BCUT2D eigenvalue weighted by molar-refractivity contribution is 5.87. The summed E-state index contributed by atoms with van der Waals surface area (Å²) in [7, 11) is 0. The van der Waals surface area contributed by atoms with Crippen molar-refractivity contribution in [2.45, 2.75) is 38.6 Å². The van der Waals surface area contributed by atoms with Crippen molar-refractivity contribution < 1.29 is 9.59 Å². The molecular weight excluding hydrogens is 192 g/mol. The smallest absolute Gasteiger partial charge is 0.243 e. The number of nitrogens with one attached hydrogen (secondary N) is 1. The van der Waals surface area contributed by atoms with Gasteiger partial charge in [-0.25, -0.2) is 0 Å². The van der Waals surface area contributed by atoms with E-state index in [0.29, 0.717) is 0 Å². The van der Waals surface area contributed by atoms with Gasteiger partial charge in [-0.1, -0.05) is 6.08 Å². The first kappa shape index (κ1) is 11.8. The maximum Gasteiger partial charge on any atom is 0.243 e. The molecule has 84 valence electrons. The topological polar surface area (TPSA) is 72.2 Å². The van der Waals surface area contributed by atoms with Gasteiger partial charge in [0, 0.05) is 12.0 Å². The molecule has 0 saturated heterocycles. The van der Waals surface area contributed by atoms with Gasteiger partial charge in [0.25, 0.3) is 0 Å². The van der Waals surface area contributed by atoms with E-state index in [1.165, 1.54) is 6.08 Å². The second-order valence-electron chi connectivity index (χ2n) is 3.96. The number of primary amides is 1. The minimum atomic E-state index is -0.215. The fourth-order valence-electron chi connectivity index (χ4n) is 1.92. The lowest BCUT2D eigenvalue weighted by Crippen LogP contribution is -2.39. The normalized spacial score (nSPS) is 26.5. The molecule has 0 aromatic carbocycles. The lowest BCUT2D eigenvalue weighted by atomic mass is 9.85. The molecule has 0 heterocycles. The van der Waals surface area contributed by atoms with Gasteiger partial charge in [-0.05, 0) is 38.7 Å². The number of allylic oxidation sites excluding steroid dienone is 1. The minimum absolute atomic E-state index is 0.000121. The van der Waals surface area contributed by atoms with Crippen molar-refractivity contribution in [3.05, 3.63) is 12.2 Å². The van der Waals surface area contributed by atoms with Gasteiger partial charge in [-0.15, -0.1) is 0 Å². The third kappa shape index (κ3) is 3.73. The molecule has 0 radical (unpaired) electrons. The third-order valence-electron chi connectivity index (χ3n) is 2.79. The summed E-state index contributed by atoms with van der Waals surface area (Å²) in [5, 5.41) is 2.90. The highest BCUT2D eigenvalue weighted by Crippen LogP contribution is 2.23. The summed E-state index contributed by atoms with van der Waals surface area (Å²) in [5.41, 5.74) is 5.22. The second-order valence-corrected chi connectivity index (χ2v) is 3.96. The average molecular weight is 210 g/mol. The van der Waals surface area contributed by atoms with Gasteiger partial charge in [-0.3, -0.25) is 9.59 Å². The van der Waals surface area contributed by atoms with Crippen molar-refractivity contribution in [2.24, 2.45) is 11.7 Å². The summed E-state index contributed by atoms with van der Waals surface area (Å²) in [4.78, 5) is 22.1. The first-order valence-corrected chi connectivity index (χ1v) is 5.36. The van der Waals surface area contributed by atoms with Crippen LogP contribution in [-0.2, 0) is 9.59 Å². The van der Waals surface area contributed by atoms with Crippen LogP contribution in [0.5, 0.6) is 0 Å². The number of carbonyl (C=O) groups excluding carboxylic acids is 2. The molecule has 4 heteroatoms. The summed E-state index contributed by atoms with van der Waals surface area (Å²) in [5.74, 6) is -0.270. The van der Waals surface area contributed by atoms with Crippen molar-refractivity contribution >= 4 is 11.8 Å². The summed E-state index contributed by atoms with van der Waals surface area (Å²) >= 11 is 0. The largest absolute Gasteiger partial charge is 0.369 e. The Morgan fingerprint density at radius 3 is 2.33 bits per heavy atom. The zero-order valence-electron chi connectivity index (χ0n) is 9.03. The SMILES string of the molecule is C/C=C/C(=O)NC1CCC(C(N)=O)CC1. The van der Waals surface area contributed by atoms with E-state index in [1.54, 1.807) is 6.08 Å². The van der Waals surface area contributed by atoms with Crippen LogP contribution in [0.4, 0.5) is 0 Å². The van der Waals surface area contributed by atoms with Gasteiger partial charge in [-0.2, -0.15) is 0 Å². The van der Waals surface area contributed by atoms with Crippen LogP contribution in [0.25, 0.3) is 0 Å². The Morgan fingerprint density at radius 2 is 1.87 bits per heavy atom. The molecule has 1 aliphatic rings. The average Bonchev–Trinajstić information content (AvgIpc) is 2.18. The lowest BCUT2D eigenvalue weighted by molar-refractivity contribution is -0.122. The molecule has 0 aromatic heterocycles. The number of nitrogens with two attached hydrogens (primary N) is 1. The summed E-state index contributed by atoms with van der Waals surface area (Å²) in [6, 6.07) is 0.198. The van der Waals surface area contributed by atoms with Crippen LogP contribution in [0.1, 0.15) is 32.6 Å². The Bertz CT molecular complexity index is 266. The van der Waals surface area contributed by atoms with Gasteiger partial charge in [0.2, 0.25) is 11.8 Å². The van der Waals surface area contributed by atoms with Crippen LogP contribution in [0, 0.1) is 5.92 Å². The number of carbonyl (C=O) groups is 2. The predicted molar refractivity (Wildman–Crippen MR) is 57.9 cm³/mol. The number of rotatable bonds is 3. The van der Waals surface area contributed by atoms with Gasteiger partial charge in [0.15, 0.2) is 0 Å². The molecular formula is C11H18N2O2. The molecule has 1 rings (SSSR count). The zero-order valence-corrected chi connectivity index (χ0v) is 9.03. The van der Waals surface area contributed by atoms with E-state index in [2.05, 4.69) is 5.32 Å². The lowest BCUT2D eigenvalue weighted by Gasteiger charge is -2.26. The number of hydrogen-bond acceptors (Lipinski definition) is 2. The van der Waals surface area contributed by atoms with E-state index in [9.17, 15) is 9.59 Å². The molecule has 1 saturated carbocycles. The number of hydrogen-bond donors (Lipinski definition) is 2. The Hall–Kier alpha value is -1.32. The molecule has 1 aliphatic carbocycles. The van der Waals surface area contributed by atoms with Gasteiger partial charge >= 0.3 is 0 Å².